The number of halogens is 1. The average Bonchev–Trinajstić information content (AvgIpc) is 3.61. The van der Waals surface area contributed by atoms with Crippen LogP contribution in [-0.2, 0) is 14.8 Å². The van der Waals surface area contributed by atoms with Crippen molar-refractivity contribution in [3.8, 4) is 11.5 Å². The number of hydrogen-bond donors (Lipinski definition) is 3. The van der Waals surface area contributed by atoms with Crippen LogP contribution in [0.2, 0.25) is 0 Å². The maximum absolute atomic E-state index is 13.9. The summed E-state index contributed by atoms with van der Waals surface area (Å²) in [6.45, 7) is -0.151. The third kappa shape index (κ3) is 4.72. The number of primary amides is 1. The first-order chi connectivity index (χ1) is 16.1. The van der Waals surface area contributed by atoms with Crippen LogP contribution in [0.15, 0.2) is 41.3 Å². The fourth-order valence-electron chi connectivity index (χ4n) is 4.11. The zero-order valence-electron chi connectivity index (χ0n) is 18.2. The van der Waals surface area contributed by atoms with Gasteiger partial charge in [-0.05, 0) is 55.5 Å². The van der Waals surface area contributed by atoms with Crippen LogP contribution in [0.4, 0.5) is 20.6 Å². The van der Waals surface area contributed by atoms with Gasteiger partial charge in [0.2, 0.25) is 5.91 Å². The van der Waals surface area contributed by atoms with Gasteiger partial charge in [-0.3, -0.25) is 14.4 Å². The molecule has 1 heterocycles. The van der Waals surface area contributed by atoms with Crippen molar-refractivity contribution in [2.24, 2.45) is 17.6 Å². The monoisotopic (exact) mass is 493 g/mol. The van der Waals surface area contributed by atoms with Crippen LogP contribution in [0.3, 0.4) is 0 Å². The van der Waals surface area contributed by atoms with Crippen molar-refractivity contribution in [2.75, 3.05) is 23.3 Å². The summed E-state index contributed by atoms with van der Waals surface area (Å²) in [7, 11) is -3.03. The molecule has 2 amide bonds. The van der Waals surface area contributed by atoms with Crippen molar-refractivity contribution in [3.63, 3.8) is 0 Å². The molecule has 0 saturated heterocycles. The largest absolute Gasteiger partial charge is 0.494 e. The molecule has 2 atom stereocenters. The molecule has 1 aliphatic carbocycles. The number of benzene rings is 2. The van der Waals surface area contributed by atoms with E-state index in [0.29, 0.717) is 0 Å². The molecule has 0 bridgehead atoms. The number of ether oxygens (including phenoxy) is 2. The van der Waals surface area contributed by atoms with Gasteiger partial charge < -0.3 is 20.3 Å². The van der Waals surface area contributed by atoms with Gasteiger partial charge in [-0.15, -0.1) is 0 Å². The Labute approximate surface area is 195 Å². The molecule has 2 aromatic carbocycles. The van der Waals surface area contributed by atoms with Crippen LogP contribution in [0.1, 0.15) is 19.3 Å². The lowest BCUT2D eigenvalue weighted by Gasteiger charge is -2.36. The molecule has 10 nitrogen and oxygen atoms in total. The summed E-state index contributed by atoms with van der Waals surface area (Å²) in [4.78, 5) is 22.8. The van der Waals surface area contributed by atoms with Crippen LogP contribution >= 0.6 is 0 Å². The van der Waals surface area contributed by atoms with Gasteiger partial charge in [0.05, 0.1) is 24.2 Å². The van der Waals surface area contributed by atoms with E-state index < -0.39 is 39.9 Å². The lowest BCUT2D eigenvalue weighted by atomic mass is 9.95. The Morgan fingerprint density at radius 3 is 2.65 bits per heavy atom. The molecular weight excluding hydrogens is 469 g/mol. The lowest BCUT2D eigenvalue weighted by Crippen LogP contribution is -2.45. The summed E-state index contributed by atoms with van der Waals surface area (Å²) in [6, 6.07) is 7.41. The third-order valence-corrected chi connectivity index (χ3v) is 7.70. The highest BCUT2D eigenvalue weighted by atomic mass is 32.2. The molecule has 0 spiro atoms. The number of nitrogens with one attached hydrogen (secondary N) is 1. The zero-order chi connectivity index (χ0) is 24.6. The average molecular weight is 494 g/mol. The van der Waals surface area contributed by atoms with E-state index in [1.54, 1.807) is 0 Å². The number of carbonyl (C=O) groups is 2. The second kappa shape index (κ2) is 9.01. The number of amides is 2. The predicted molar refractivity (Wildman–Crippen MR) is 120 cm³/mol. The summed E-state index contributed by atoms with van der Waals surface area (Å²) < 4.78 is 53.2. The van der Waals surface area contributed by atoms with Crippen LogP contribution in [-0.4, -0.2) is 45.3 Å². The summed E-state index contributed by atoms with van der Waals surface area (Å²) >= 11 is 0. The van der Waals surface area contributed by atoms with Crippen molar-refractivity contribution in [1.29, 1.82) is 0 Å². The molecule has 12 heteroatoms. The van der Waals surface area contributed by atoms with Crippen molar-refractivity contribution in [3.05, 3.63) is 42.2 Å². The molecule has 182 valence electrons. The molecule has 0 radical (unpaired) electrons. The first-order valence-electron chi connectivity index (χ1n) is 10.6. The number of methoxy groups -OCH3 is 1. The number of sulfonamides is 1. The van der Waals surface area contributed by atoms with E-state index >= 15 is 0 Å². The molecule has 2 aliphatic rings. The Morgan fingerprint density at radius 1 is 1.29 bits per heavy atom. The summed E-state index contributed by atoms with van der Waals surface area (Å²) in [6.07, 6.45) is -0.0216. The maximum atomic E-state index is 13.9. The van der Waals surface area contributed by atoms with Crippen LogP contribution < -0.4 is 24.8 Å². The Bertz CT molecular complexity index is 1230. The van der Waals surface area contributed by atoms with Crippen molar-refractivity contribution >= 4 is 33.4 Å². The number of carboxylic acid groups (broad SMARTS) is 1. The highest BCUT2D eigenvalue weighted by Crippen LogP contribution is 2.43. The van der Waals surface area contributed by atoms with E-state index in [1.807, 2.05) is 0 Å². The number of nitrogens with zero attached hydrogens (tertiary/aromatic N) is 1. The molecule has 1 fully saturated rings. The molecule has 1 saturated carbocycles. The molecule has 0 unspecified atom stereocenters. The maximum Gasteiger partial charge on any atom is 0.409 e. The van der Waals surface area contributed by atoms with Crippen molar-refractivity contribution in [2.45, 2.75) is 30.3 Å². The number of carbonyl (C=O) groups excluding carboxylic acids is 1. The SMILES string of the molecule is COc1cc(S(=O)(=O)N2C[C@H](C[C@H](C(N)=O)C3CC3)Oc3ccc(NC(=O)O)cc32)ccc1F. The minimum atomic E-state index is -4.25. The summed E-state index contributed by atoms with van der Waals surface area (Å²) in [5, 5.41) is 11.2. The second-order valence-corrected chi connectivity index (χ2v) is 10.1. The highest BCUT2D eigenvalue weighted by molar-refractivity contribution is 7.92. The molecule has 0 aromatic heterocycles. The first kappa shape index (κ1) is 23.6. The standard InChI is InChI=1S/C22H24FN3O7S/c1-32-20-10-15(5-6-17(20)23)34(30,31)26-11-14(9-16(21(24)27)12-2-3-12)33-19-7-4-13(8-18(19)26)25-22(28)29/h4-8,10,12,14,16,25H,2-3,9,11H2,1H3,(H2,24,27)(H,28,29)/t14-,16-/m0/s1. The minimum absolute atomic E-state index is 0.104. The van der Waals surface area contributed by atoms with Crippen LogP contribution in [0, 0.1) is 17.7 Å². The van der Waals surface area contributed by atoms with Gasteiger partial charge in [-0.25, -0.2) is 17.6 Å². The number of anilines is 2. The summed E-state index contributed by atoms with van der Waals surface area (Å²) in [5.74, 6) is -1.52. The highest BCUT2D eigenvalue weighted by Gasteiger charge is 2.41. The van der Waals surface area contributed by atoms with Crippen LogP contribution in [0.5, 0.6) is 11.5 Å². The van der Waals surface area contributed by atoms with Crippen molar-refractivity contribution in [1.82, 2.24) is 0 Å². The van der Waals surface area contributed by atoms with Gasteiger partial charge in [0.25, 0.3) is 10.0 Å². The van der Waals surface area contributed by atoms with Gasteiger partial charge in [0.1, 0.15) is 11.9 Å². The third-order valence-electron chi connectivity index (χ3n) is 5.93. The van der Waals surface area contributed by atoms with Gasteiger partial charge >= 0.3 is 6.09 Å². The number of rotatable bonds is 8. The fraction of sp³-hybridized carbons (Fsp3) is 0.364. The van der Waals surface area contributed by atoms with Gasteiger partial charge in [-0.1, -0.05) is 0 Å². The van der Waals surface area contributed by atoms with E-state index in [9.17, 15) is 22.4 Å². The number of hydrogen-bond acceptors (Lipinski definition) is 6. The van der Waals surface area contributed by atoms with E-state index in [4.69, 9.17) is 20.3 Å². The van der Waals surface area contributed by atoms with E-state index in [2.05, 4.69) is 5.32 Å². The topological polar surface area (TPSA) is 148 Å². The molecule has 2 aromatic rings. The van der Waals surface area contributed by atoms with Gasteiger partial charge in [0.15, 0.2) is 11.6 Å². The second-order valence-electron chi connectivity index (χ2n) is 8.27. The number of nitrogens with two attached hydrogens (primary N) is 1. The Hall–Kier alpha value is -3.54. The Balaban J connectivity index is 1.75. The molecular formula is C22H24FN3O7S. The van der Waals surface area contributed by atoms with E-state index in [0.717, 1.165) is 35.3 Å². The molecule has 34 heavy (non-hydrogen) atoms. The normalized spacial score (nSPS) is 18.4. The van der Waals surface area contributed by atoms with Gasteiger partial charge in [0, 0.05) is 17.7 Å². The molecule has 4 N–H and O–H groups in total. The summed E-state index contributed by atoms with van der Waals surface area (Å²) in [5.41, 5.74) is 5.82. The lowest BCUT2D eigenvalue weighted by molar-refractivity contribution is -0.123. The smallest absolute Gasteiger partial charge is 0.409 e. The first-order valence-corrected chi connectivity index (χ1v) is 12.0. The molecule has 4 rings (SSSR count). The number of fused-ring (bicyclic) bond motifs is 1. The van der Waals surface area contributed by atoms with E-state index in [-0.39, 0.29) is 46.7 Å². The minimum Gasteiger partial charge on any atom is -0.494 e. The predicted octanol–water partition coefficient (Wildman–Crippen LogP) is 2.78. The fourth-order valence-corrected chi connectivity index (χ4v) is 5.63. The Morgan fingerprint density at radius 2 is 2.03 bits per heavy atom. The quantitative estimate of drug-likeness (QED) is 0.512. The van der Waals surface area contributed by atoms with Gasteiger partial charge in [-0.2, -0.15) is 0 Å². The van der Waals surface area contributed by atoms with Crippen molar-refractivity contribution < 1.29 is 37.0 Å². The van der Waals surface area contributed by atoms with E-state index in [1.165, 1.54) is 25.3 Å². The van der Waals surface area contributed by atoms with Crippen LogP contribution in [0.25, 0.3) is 0 Å². The Kier molecular flexibility index (Phi) is 6.26. The molecule has 1 aliphatic heterocycles. The zero-order valence-corrected chi connectivity index (χ0v) is 19.0.